The Balaban J connectivity index is 1.81. The second kappa shape index (κ2) is 5.13. The van der Waals surface area contributed by atoms with E-state index in [1.807, 2.05) is 23.6 Å². The predicted molar refractivity (Wildman–Crippen MR) is 76.1 cm³/mol. The summed E-state index contributed by atoms with van der Waals surface area (Å²) in [6, 6.07) is 5.73. The zero-order valence-electron chi connectivity index (χ0n) is 11.3. The van der Waals surface area contributed by atoms with E-state index in [0.29, 0.717) is 6.42 Å². The lowest BCUT2D eigenvalue weighted by molar-refractivity contribution is -0.127. The summed E-state index contributed by atoms with van der Waals surface area (Å²) in [5.41, 5.74) is 1.82. The van der Waals surface area contributed by atoms with Crippen molar-refractivity contribution in [3.63, 3.8) is 0 Å². The minimum absolute atomic E-state index is 0.0524. The molecular formula is C14H14N2O3S. The maximum absolute atomic E-state index is 11.7. The number of thiazole rings is 1. The third kappa shape index (κ3) is 2.46. The number of fused-ring (bicyclic) bond motifs is 1. The number of aromatic nitrogens is 1. The Bertz CT molecular complexity index is 652. The van der Waals surface area contributed by atoms with Gasteiger partial charge in [0.1, 0.15) is 5.01 Å². The predicted octanol–water partition coefficient (Wildman–Crippen LogP) is 2.17. The fourth-order valence-corrected chi connectivity index (χ4v) is 2.66. The quantitative estimate of drug-likeness (QED) is 0.869. The molecule has 104 valence electrons. The molecule has 2 aromatic rings. The standard InChI is InChI=1S/C14H14N2O3S/c1-16(2)14(17)6-13-15-10(7-20-13)9-3-4-11-12(5-9)19-8-18-11/h3-5,7H,6,8H2,1-2H3. The number of nitrogens with zero attached hydrogens (tertiary/aromatic N) is 2. The summed E-state index contributed by atoms with van der Waals surface area (Å²) in [4.78, 5) is 17.7. The first-order valence-corrected chi connectivity index (χ1v) is 7.06. The summed E-state index contributed by atoms with van der Waals surface area (Å²) >= 11 is 1.49. The molecule has 20 heavy (non-hydrogen) atoms. The van der Waals surface area contributed by atoms with Crippen LogP contribution >= 0.6 is 11.3 Å². The number of benzene rings is 1. The summed E-state index contributed by atoms with van der Waals surface area (Å²) in [6.07, 6.45) is 0.336. The smallest absolute Gasteiger partial charge is 0.231 e. The Labute approximate surface area is 120 Å². The molecule has 0 saturated heterocycles. The third-order valence-electron chi connectivity index (χ3n) is 3.02. The normalized spacial score (nSPS) is 12.5. The minimum atomic E-state index is 0.0524. The van der Waals surface area contributed by atoms with E-state index in [1.165, 1.54) is 11.3 Å². The zero-order chi connectivity index (χ0) is 14.1. The van der Waals surface area contributed by atoms with E-state index >= 15 is 0 Å². The molecule has 6 heteroatoms. The second-order valence-electron chi connectivity index (χ2n) is 4.66. The van der Waals surface area contributed by atoms with Crippen LogP contribution in [0.1, 0.15) is 5.01 Å². The van der Waals surface area contributed by atoms with Gasteiger partial charge in [0.05, 0.1) is 12.1 Å². The van der Waals surface area contributed by atoms with E-state index in [9.17, 15) is 4.79 Å². The van der Waals surface area contributed by atoms with Crippen molar-refractivity contribution in [2.45, 2.75) is 6.42 Å². The molecular weight excluding hydrogens is 276 g/mol. The molecule has 5 nitrogen and oxygen atoms in total. The number of carbonyl (C=O) groups excluding carboxylic acids is 1. The van der Waals surface area contributed by atoms with Gasteiger partial charge < -0.3 is 14.4 Å². The largest absolute Gasteiger partial charge is 0.454 e. The van der Waals surface area contributed by atoms with Crippen molar-refractivity contribution in [1.29, 1.82) is 0 Å². The van der Waals surface area contributed by atoms with Gasteiger partial charge in [-0.1, -0.05) is 0 Å². The summed E-state index contributed by atoms with van der Waals surface area (Å²) in [5.74, 6) is 1.55. The molecule has 0 radical (unpaired) electrons. The first-order valence-electron chi connectivity index (χ1n) is 6.18. The van der Waals surface area contributed by atoms with Crippen LogP contribution in [-0.4, -0.2) is 36.7 Å². The molecule has 0 bridgehead atoms. The topological polar surface area (TPSA) is 51.7 Å². The molecule has 1 aliphatic heterocycles. The number of carbonyl (C=O) groups is 1. The van der Waals surface area contributed by atoms with Crippen LogP contribution in [0.2, 0.25) is 0 Å². The molecule has 1 amide bonds. The van der Waals surface area contributed by atoms with Gasteiger partial charge in [0.2, 0.25) is 12.7 Å². The molecule has 1 aliphatic rings. The van der Waals surface area contributed by atoms with Gasteiger partial charge in [-0.25, -0.2) is 4.98 Å². The van der Waals surface area contributed by atoms with Crippen molar-refractivity contribution in [3.8, 4) is 22.8 Å². The van der Waals surface area contributed by atoms with Crippen molar-refractivity contribution in [3.05, 3.63) is 28.6 Å². The highest BCUT2D eigenvalue weighted by molar-refractivity contribution is 7.10. The number of hydrogen-bond donors (Lipinski definition) is 0. The lowest BCUT2D eigenvalue weighted by Crippen LogP contribution is -2.23. The van der Waals surface area contributed by atoms with Gasteiger partial charge in [-0.15, -0.1) is 11.3 Å². The van der Waals surface area contributed by atoms with Crippen LogP contribution in [0.5, 0.6) is 11.5 Å². The van der Waals surface area contributed by atoms with Gasteiger partial charge in [-0.05, 0) is 18.2 Å². The van der Waals surface area contributed by atoms with Crippen molar-refractivity contribution < 1.29 is 14.3 Å². The lowest BCUT2D eigenvalue weighted by atomic mass is 10.1. The van der Waals surface area contributed by atoms with Crippen LogP contribution in [0.25, 0.3) is 11.3 Å². The minimum Gasteiger partial charge on any atom is -0.454 e. The van der Waals surface area contributed by atoms with Gasteiger partial charge in [0.15, 0.2) is 11.5 Å². The van der Waals surface area contributed by atoms with Crippen molar-refractivity contribution in [2.75, 3.05) is 20.9 Å². The van der Waals surface area contributed by atoms with Crippen LogP contribution in [-0.2, 0) is 11.2 Å². The molecule has 3 rings (SSSR count). The maximum atomic E-state index is 11.7. The van der Waals surface area contributed by atoms with Crippen LogP contribution in [0.4, 0.5) is 0 Å². The number of rotatable bonds is 3. The number of amides is 1. The molecule has 0 fully saturated rings. The number of likely N-dealkylation sites (N-methyl/N-ethyl adjacent to an activating group) is 1. The van der Waals surface area contributed by atoms with Crippen molar-refractivity contribution in [2.24, 2.45) is 0 Å². The summed E-state index contributed by atoms with van der Waals surface area (Å²) < 4.78 is 10.6. The summed E-state index contributed by atoms with van der Waals surface area (Å²) in [7, 11) is 3.49. The number of hydrogen-bond acceptors (Lipinski definition) is 5. The highest BCUT2D eigenvalue weighted by atomic mass is 32.1. The van der Waals surface area contributed by atoms with E-state index in [-0.39, 0.29) is 12.7 Å². The average Bonchev–Trinajstić information content (AvgIpc) is 3.05. The van der Waals surface area contributed by atoms with Crippen LogP contribution in [0.3, 0.4) is 0 Å². The molecule has 0 unspecified atom stereocenters. The first kappa shape index (κ1) is 12.9. The Kier molecular flexibility index (Phi) is 3.31. The molecule has 2 heterocycles. The van der Waals surface area contributed by atoms with Crippen molar-refractivity contribution >= 4 is 17.2 Å². The Morgan fingerprint density at radius 2 is 2.15 bits per heavy atom. The second-order valence-corrected chi connectivity index (χ2v) is 5.60. The zero-order valence-corrected chi connectivity index (χ0v) is 12.1. The number of ether oxygens (including phenoxy) is 2. The van der Waals surface area contributed by atoms with E-state index in [1.54, 1.807) is 19.0 Å². The average molecular weight is 290 g/mol. The fraction of sp³-hybridized carbons (Fsp3) is 0.286. The molecule has 1 aromatic heterocycles. The molecule has 0 atom stereocenters. The van der Waals surface area contributed by atoms with Crippen LogP contribution in [0, 0.1) is 0 Å². The lowest BCUT2D eigenvalue weighted by Gasteiger charge is -2.07. The summed E-state index contributed by atoms with van der Waals surface area (Å²) in [6.45, 7) is 0.262. The molecule has 0 N–H and O–H groups in total. The molecule has 0 aliphatic carbocycles. The Morgan fingerprint density at radius 3 is 2.95 bits per heavy atom. The van der Waals surface area contributed by atoms with E-state index in [0.717, 1.165) is 27.8 Å². The molecule has 1 aromatic carbocycles. The molecule has 0 saturated carbocycles. The van der Waals surface area contributed by atoms with Gasteiger partial charge in [-0.2, -0.15) is 0 Å². The van der Waals surface area contributed by atoms with Gasteiger partial charge in [0, 0.05) is 25.0 Å². The summed E-state index contributed by atoms with van der Waals surface area (Å²) in [5, 5.41) is 2.77. The highest BCUT2D eigenvalue weighted by Crippen LogP contribution is 2.36. The Morgan fingerprint density at radius 1 is 1.35 bits per heavy atom. The van der Waals surface area contributed by atoms with E-state index < -0.39 is 0 Å². The fourth-order valence-electron chi connectivity index (χ4n) is 1.87. The van der Waals surface area contributed by atoms with Gasteiger partial charge in [-0.3, -0.25) is 4.79 Å². The van der Waals surface area contributed by atoms with Gasteiger partial charge in [0.25, 0.3) is 0 Å². The van der Waals surface area contributed by atoms with Crippen molar-refractivity contribution in [1.82, 2.24) is 9.88 Å². The van der Waals surface area contributed by atoms with Crippen LogP contribution in [0.15, 0.2) is 23.6 Å². The SMILES string of the molecule is CN(C)C(=O)Cc1nc(-c2ccc3c(c2)OCO3)cs1. The van der Waals surface area contributed by atoms with Gasteiger partial charge >= 0.3 is 0 Å². The van der Waals surface area contributed by atoms with E-state index in [2.05, 4.69) is 4.98 Å². The monoisotopic (exact) mass is 290 g/mol. The third-order valence-corrected chi connectivity index (χ3v) is 3.87. The van der Waals surface area contributed by atoms with Crippen LogP contribution < -0.4 is 9.47 Å². The first-order chi connectivity index (χ1) is 9.63. The Hall–Kier alpha value is -2.08. The van der Waals surface area contributed by atoms with E-state index in [4.69, 9.17) is 9.47 Å². The molecule has 0 spiro atoms. The highest BCUT2D eigenvalue weighted by Gasteiger charge is 2.15. The maximum Gasteiger partial charge on any atom is 0.231 e.